The number of benzene rings is 1. The van der Waals surface area contributed by atoms with Gasteiger partial charge >= 0.3 is 0 Å². The topological polar surface area (TPSA) is 12.0 Å². The van der Waals surface area contributed by atoms with Crippen molar-refractivity contribution in [3.05, 3.63) is 35.9 Å². The van der Waals surface area contributed by atoms with E-state index in [2.05, 4.69) is 49.5 Å². The summed E-state index contributed by atoms with van der Waals surface area (Å²) in [4.78, 5) is 0. The smallest absolute Gasteiger partial charge is 0.0351 e. The lowest BCUT2D eigenvalue weighted by molar-refractivity contribution is 0.375. The third kappa shape index (κ3) is 3.57. The molecule has 0 spiro atoms. The maximum atomic E-state index is 3.88. The van der Waals surface area contributed by atoms with Crippen molar-refractivity contribution < 1.29 is 0 Å². The first-order valence-corrected chi connectivity index (χ1v) is 7.16. The zero-order chi connectivity index (χ0) is 12.1. The summed E-state index contributed by atoms with van der Waals surface area (Å²) < 4.78 is 0. The minimum Gasteiger partial charge on any atom is -0.307 e. The first-order valence-electron chi connectivity index (χ1n) is 7.16. The van der Waals surface area contributed by atoms with Gasteiger partial charge in [0.15, 0.2) is 0 Å². The van der Waals surface area contributed by atoms with Crippen LogP contribution in [0.4, 0.5) is 0 Å². The summed E-state index contributed by atoms with van der Waals surface area (Å²) in [7, 11) is 0. The van der Waals surface area contributed by atoms with Crippen molar-refractivity contribution in [1.82, 2.24) is 5.32 Å². The molecule has 2 rings (SSSR count). The molecule has 1 heteroatoms. The van der Waals surface area contributed by atoms with Crippen LogP contribution in [0.25, 0.3) is 0 Å². The van der Waals surface area contributed by atoms with Crippen LogP contribution in [0, 0.1) is 5.92 Å². The molecule has 0 amide bonds. The van der Waals surface area contributed by atoms with E-state index >= 15 is 0 Å². The van der Waals surface area contributed by atoms with Crippen LogP contribution >= 0.6 is 0 Å². The van der Waals surface area contributed by atoms with E-state index in [4.69, 9.17) is 0 Å². The van der Waals surface area contributed by atoms with Gasteiger partial charge in [-0.15, -0.1) is 0 Å². The number of hydrogen-bond donors (Lipinski definition) is 1. The Morgan fingerprint density at radius 1 is 1.18 bits per heavy atom. The van der Waals surface area contributed by atoms with Crippen LogP contribution in [0.2, 0.25) is 0 Å². The van der Waals surface area contributed by atoms with Gasteiger partial charge in [-0.25, -0.2) is 0 Å². The molecule has 2 atom stereocenters. The van der Waals surface area contributed by atoms with Gasteiger partial charge in [0.25, 0.3) is 0 Å². The molecule has 1 aliphatic carbocycles. The average Bonchev–Trinajstić information content (AvgIpc) is 3.20. The molecule has 2 unspecified atom stereocenters. The summed E-state index contributed by atoms with van der Waals surface area (Å²) >= 11 is 0. The molecule has 0 aliphatic heterocycles. The van der Waals surface area contributed by atoms with Crippen LogP contribution in [-0.2, 0) is 0 Å². The summed E-state index contributed by atoms with van der Waals surface area (Å²) in [5, 5.41) is 3.88. The van der Waals surface area contributed by atoms with Crippen molar-refractivity contribution in [2.75, 3.05) is 0 Å². The highest BCUT2D eigenvalue weighted by Crippen LogP contribution is 2.41. The number of rotatable bonds is 7. The quantitative estimate of drug-likeness (QED) is 0.737. The maximum Gasteiger partial charge on any atom is 0.0351 e. The van der Waals surface area contributed by atoms with Gasteiger partial charge < -0.3 is 5.32 Å². The molecule has 94 valence electrons. The molecule has 0 heterocycles. The Balaban J connectivity index is 2.02. The fourth-order valence-corrected chi connectivity index (χ4v) is 2.60. The second-order valence-electron chi connectivity index (χ2n) is 5.29. The minimum atomic E-state index is 0.590. The maximum absolute atomic E-state index is 3.88. The van der Waals surface area contributed by atoms with E-state index in [1.807, 2.05) is 0 Å². The molecule has 1 aliphatic rings. The van der Waals surface area contributed by atoms with Crippen molar-refractivity contribution in [2.45, 2.75) is 58.0 Å². The molecule has 1 fully saturated rings. The SMILES string of the molecule is CCCC(CC)NC(c1ccccc1)C1CC1. The highest BCUT2D eigenvalue weighted by atomic mass is 15.0. The summed E-state index contributed by atoms with van der Waals surface area (Å²) in [5.41, 5.74) is 1.48. The van der Waals surface area contributed by atoms with E-state index in [9.17, 15) is 0 Å². The van der Waals surface area contributed by atoms with Crippen LogP contribution in [0.5, 0.6) is 0 Å². The molecule has 0 saturated heterocycles. The van der Waals surface area contributed by atoms with Gasteiger partial charge in [-0.2, -0.15) is 0 Å². The molecule has 1 N–H and O–H groups in total. The van der Waals surface area contributed by atoms with Crippen molar-refractivity contribution in [3.8, 4) is 0 Å². The van der Waals surface area contributed by atoms with Crippen molar-refractivity contribution in [2.24, 2.45) is 5.92 Å². The molecule has 0 aromatic heterocycles. The number of hydrogen-bond acceptors (Lipinski definition) is 1. The zero-order valence-electron chi connectivity index (χ0n) is 11.2. The Morgan fingerprint density at radius 3 is 2.41 bits per heavy atom. The van der Waals surface area contributed by atoms with Gasteiger partial charge in [-0.3, -0.25) is 0 Å². The van der Waals surface area contributed by atoms with E-state index in [-0.39, 0.29) is 0 Å². The third-order valence-electron chi connectivity index (χ3n) is 3.80. The van der Waals surface area contributed by atoms with Gasteiger partial charge in [-0.05, 0) is 37.2 Å². The Labute approximate surface area is 106 Å². The van der Waals surface area contributed by atoms with Crippen LogP contribution < -0.4 is 5.32 Å². The van der Waals surface area contributed by atoms with Crippen molar-refractivity contribution in [1.29, 1.82) is 0 Å². The molecular formula is C16H25N. The largest absolute Gasteiger partial charge is 0.307 e. The van der Waals surface area contributed by atoms with Gasteiger partial charge in [0.05, 0.1) is 0 Å². The first-order chi connectivity index (χ1) is 8.35. The molecule has 0 radical (unpaired) electrons. The predicted molar refractivity (Wildman–Crippen MR) is 74.0 cm³/mol. The van der Waals surface area contributed by atoms with Crippen LogP contribution in [0.1, 0.15) is 57.6 Å². The summed E-state index contributed by atoms with van der Waals surface area (Å²) in [6.45, 7) is 4.57. The van der Waals surface area contributed by atoms with Crippen LogP contribution in [0.3, 0.4) is 0 Å². The van der Waals surface area contributed by atoms with E-state index in [1.165, 1.54) is 37.7 Å². The fraction of sp³-hybridized carbons (Fsp3) is 0.625. The molecular weight excluding hydrogens is 206 g/mol. The van der Waals surface area contributed by atoms with Gasteiger partial charge in [-0.1, -0.05) is 50.6 Å². The van der Waals surface area contributed by atoms with E-state index in [0.29, 0.717) is 12.1 Å². The third-order valence-corrected chi connectivity index (χ3v) is 3.80. The summed E-state index contributed by atoms with van der Waals surface area (Å²) in [6.07, 6.45) is 6.61. The van der Waals surface area contributed by atoms with E-state index in [1.54, 1.807) is 0 Å². The Kier molecular flexibility index (Phi) is 4.61. The lowest BCUT2D eigenvalue weighted by Gasteiger charge is -2.25. The molecule has 0 bridgehead atoms. The Morgan fingerprint density at radius 2 is 1.88 bits per heavy atom. The lowest BCUT2D eigenvalue weighted by atomic mass is 9.99. The van der Waals surface area contributed by atoms with Crippen molar-refractivity contribution >= 4 is 0 Å². The summed E-state index contributed by atoms with van der Waals surface area (Å²) in [6, 6.07) is 12.2. The average molecular weight is 231 g/mol. The highest BCUT2D eigenvalue weighted by Gasteiger charge is 2.32. The summed E-state index contributed by atoms with van der Waals surface area (Å²) in [5.74, 6) is 0.878. The van der Waals surface area contributed by atoms with Gasteiger partial charge in [0.2, 0.25) is 0 Å². The van der Waals surface area contributed by atoms with Crippen LogP contribution in [0.15, 0.2) is 30.3 Å². The number of nitrogens with one attached hydrogen (secondary N) is 1. The Bertz CT molecular complexity index is 316. The second kappa shape index (κ2) is 6.20. The molecule has 1 aromatic rings. The fourth-order valence-electron chi connectivity index (χ4n) is 2.60. The highest BCUT2D eigenvalue weighted by molar-refractivity contribution is 5.21. The Hall–Kier alpha value is -0.820. The lowest BCUT2D eigenvalue weighted by Crippen LogP contribution is -2.33. The predicted octanol–water partition coefficient (Wildman–Crippen LogP) is 4.31. The molecule has 1 aromatic carbocycles. The minimum absolute atomic E-state index is 0.590. The van der Waals surface area contributed by atoms with Crippen molar-refractivity contribution in [3.63, 3.8) is 0 Å². The second-order valence-corrected chi connectivity index (χ2v) is 5.29. The molecule has 1 nitrogen and oxygen atoms in total. The monoisotopic (exact) mass is 231 g/mol. The van der Waals surface area contributed by atoms with Gasteiger partial charge in [0, 0.05) is 12.1 Å². The standard InChI is InChI=1S/C16H25N/c1-3-8-15(4-2)17-16(14-11-12-14)13-9-6-5-7-10-13/h5-7,9-10,14-17H,3-4,8,11-12H2,1-2H3. The van der Waals surface area contributed by atoms with Gasteiger partial charge in [0.1, 0.15) is 0 Å². The normalized spacial score (nSPS) is 18.9. The molecule has 1 saturated carbocycles. The zero-order valence-corrected chi connectivity index (χ0v) is 11.2. The van der Waals surface area contributed by atoms with Crippen LogP contribution in [-0.4, -0.2) is 6.04 Å². The van der Waals surface area contributed by atoms with E-state index < -0.39 is 0 Å². The first kappa shape index (κ1) is 12.6. The van der Waals surface area contributed by atoms with E-state index in [0.717, 1.165) is 5.92 Å². The molecule has 17 heavy (non-hydrogen) atoms.